The van der Waals surface area contributed by atoms with Gasteiger partial charge in [0, 0.05) is 33.8 Å². The third kappa shape index (κ3) is 3.77. The lowest BCUT2D eigenvalue weighted by Gasteiger charge is -2.07. The van der Waals surface area contributed by atoms with Gasteiger partial charge in [-0.05, 0) is 33.6 Å². The van der Waals surface area contributed by atoms with Crippen LogP contribution < -0.4 is 4.74 Å². The Labute approximate surface area is 132 Å². The first-order valence-corrected chi connectivity index (χ1v) is 7.57. The number of nitro groups is 1. The Bertz CT molecular complexity index is 635. The molecule has 1 aromatic heterocycles. The van der Waals surface area contributed by atoms with E-state index in [1.54, 1.807) is 24.5 Å². The Morgan fingerprint density at radius 1 is 1.25 bits per heavy atom. The second kappa shape index (κ2) is 6.81. The van der Waals surface area contributed by atoms with E-state index < -0.39 is 4.92 Å². The summed E-state index contributed by atoms with van der Waals surface area (Å²) in [5.74, 6) is 0.250. The molecule has 0 saturated carbocycles. The average Bonchev–Trinajstić information content (AvgIpc) is 2.45. The van der Waals surface area contributed by atoms with E-state index in [2.05, 4.69) is 36.8 Å². The van der Waals surface area contributed by atoms with Crippen molar-refractivity contribution in [1.82, 2.24) is 4.98 Å². The number of hydrogen-bond donors (Lipinski definition) is 0. The third-order valence-electron chi connectivity index (χ3n) is 2.53. The first kappa shape index (κ1) is 14.9. The minimum atomic E-state index is -0.444. The summed E-state index contributed by atoms with van der Waals surface area (Å²) in [5.41, 5.74) is 1.62. The van der Waals surface area contributed by atoms with Gasteiger partial charge in [-0.1, -0.05) is 22.0 Å². The van der Waals surface area contributed by atoms with Gasteiger partial charge in [-0.25, -0.2) is 0 Å². The lowest BCUT2D eigenvalue weighted by Crippen LogP contribution is -2.00. The van der Waals surface area contributed by atoms with E-state index in [-0.39, 0.29) is 18.0 Å². The summed E-state index contributed by atoms with van der Waals surface area (Å²) in [6.07, 6.45) is 3.32. The molecule has 0 aliphatic heterocycles. The van der Waals surface area contributed by atoms with E-state index in [1.165, 1.54) is 6.07 Å². The fourth-order valence-electron chi connectivity index (χ4n) is 1.61. The first-order chi connectivity index (χ1) is 9.60. The molecule has 0 aliphatic rings. The Morgan fingerprint density at radius 3 is 2.70 bits per heavy atom. The van der Waals surface area contributed by atoms with Crippen LogP contribution in [0.15, 0.2) is 41.1 Å². The number of aromatic nitrogens is 1. The van der Waals surface area contributed by atoms with Crippen molar-refractivity contribution < 1.29 is 9.66 Å². The molecule has 0 N–H and O–H groups in total. The van der Waals surface area contributed by atoms with Crippen molar-refractivity contribution in [2.75, 3.05) is 0 Å². The Morgan fingerprint density at radius 2 is 2.05 bits per heavy atom. The van der Waals surface area contributed by atoms with Gasteiger partial charge in [-0.3, -0.25) is 15.1 Å². The topological polar surface area (TPSA) is 65.3 Å². The molecule has 2 rings (SSSR count). The lowest BCUT2D eigenvalue weighted by molar-refractivity contribution is -0.386. The highest BCUT2D eigenvalue weighted by molar-refractivity contribution is 9.10. The molecule has 0 aliphatic carbocycles. The van der Waals surface area contributed by atoms with Crippen molar-refractivity contribution in [3.05, 3.63) is 62.4 Å². The van der Waals surface area contributed by atoms with Gasteiger partial charge in [0.25, 0.3) is 0 Å². The van der Waals surface area contributed by atoms with Crippen molar-refractivity contribution in [1.29, 1.82) is 0 Å². The zero-order valence-electron chi connectivity index (χ0n) is 10.3. The van der Waals surface area contributed by atoms with Gasteiger partial charge in [0.05, 0.1) is 4.92 Å². The van der Waals surface area contributed by atoms with Crippen LogP contribution in [0.3, 0.4) is 0 Å². The summed E-state index contributed by atoms with van der Waals surface area (Å²) >= 11 is 6.59. The van der Waals surface area contributed by atoms with Crippen LogP contribution in [0.25, 0.3) is 0 Å². The molecule has 2 aromatic rings. The molecule has 0 amide bonds. The molecule has 0 atom stereocenters. The smallest absolute Gasteiger partial charge is 0.311 e. The van der Waals surface area contributed by atoms with Crippen LogP contribution in [0.2, 0.25) is 0 Å². The van der Waals surface area contributed by atoms with Crippen LogP contribution in [0, 0.1) is 10.1 Å². The molecule has 20 heavy (non-hydrogen) atoms. The quantitative estimate of drug-likeness (QED) is 0.427. The second-order valence-corrected chi connectivity index (χ2v) is 5.47. The second-order valence-electron chi connectivity index (χ2n) is 3.99. The minimum Gasteiger partial charge on any atom is -0.482 e. The number of rotatable bonds is 5. The van der Waals surface area contributed by atoms with Crippen LogP contribution in [-0.2, 0) is 11.9 Å². The fraction of sp³-hybridized carbons (Fsp3) is 0.154. The summed E-state index contributed by atoms with van der Waals surface area (Å²) in [4.78, 5) is 14.6. The van der Waals surface area contributed by atoms with Gasteiger partial charge in [0.15, 0.2) is 5.75 Å². The number of nitrogens with zero attached hydrogens (tertiary/aromatic N) is 2. The maximum atomic E-state index is 11.0. The van der Waals surface area contributed by atoms with Crippen LogP contribution in [0.1, 0.15) is 11.1 Å². The molecule has 0 saturated heterocycles. The number of nitro benzene ring substituents is 1. The first-order valence-electron chi connectivity index (χ1n) is 5.65. The van der Waals surface area contributed by atoms with Gasteiger partial charge >= 0.3 is 5.69 Å². The maximum absolute atomic E-state index is 11.0. The molecular weight excluding hydrogens is 392 g/mol. The van der Waals surface area contributed by atoms with E-state index in [0.717, 1.165) is 15.6 Å². The van der Waals surface area contributed by atoms with E-state index in [0.29, 0.717) is 5.33 Å². The molecule has 0 unspecified atom stereocenters. The Balaban J connectivity index is 2.18. The van der Waals surface area contributed by atoms with Gasteiger partial charge in [0.1, 0.15) is 6.61 Å². The Kier molecular flexibility index (Phi) is 5.08. The van der Waals surface area contributed by atoms with Crippen LogP contribution in [0.4, 0.5) is 5.69 Å². The molecule has 7 heteroatoms. The highest BCUT2D eigenvalue weighted by Crippen LogP contribution is 2.29. The van der Waals surface area contributed by atoms with Crippen LogP contribution in [-0.4, -0.2) is 9.91 Å². The molecule has 1 heterocycles. The number of halogens is 2. The summed E-state index contributed by atoms with van der Waals surface area (Å²) in [5, 5.41) is 11.6. The molecule has 0 bridgehead atoms. The van der Waals surface area contributed by atoms with Crippen LogP contribution >= 0.6 is 31.9 Å². The zero-order chi connectivity index (χ0) is 14.5. The molecule has 0 fully saturated rings. The molecule has 5 nitrogen and oxygen atoms in total. The minimum absolute atomic E-state index is 0.0371. The van der Waals surface area contributed by atoms with Crippen molar-refractivity contribution in [3.63, 3.8) is 0 Å². The number of hydrogen-bond acceptors (Lipinski definition) is 4. The maximum Gasteiger partial charge on any atom is 0.311 e. The van der Waals surface area contributed by atoms with Gasteiger partial charge in [-0.2, -0.15) is 0 Å². The SMILES string of the molecule is O=[N+]([O-])c1cc(CBr)ccc1OCc1cncc(Br)c1. The zero-order valence-corrected chi connectivity index (χ0v) is 13.4. The largest absolute Gasteiger partial charge is 0.482 e. The van der Waals surface area contributed by atoms with E-state index in [9.17, 15) is 10.1 Å². The van der Waals surface area contributed by atoms with Crippen molar-refractivity contribution in [2.24, 2.45) is 0 Å². The predicted molar refractivity (Wildman–Crippen MR) is 82.0 cm³/mol. The number of benzene rings is 1. The molecule has 104 valence electrons. The van der Waals surface area contributed by atoms with Crippen molar-refractivity contribution in [3.8, 4) is 5.75 Å². The summed E-state index contributed by atoms with van der Waals surface area (Å²) in [6.45, 7) is 0.223. The normalized spacial score (nSPS) is 10.3. The summed E-state index contributed by atoms with van der Waals surface area (Å²) in [7, 11) is 0. The molecule has 1 aromatic carbocycles. The van der Waals surface area contributed by atoms with E-state index >= 15 is 0 Å². The third-order valence-corrected chi connectivity index (χ3v) is 3.61. The monoisotopic (exact) mass is 400 g/mol. The highest BCUT2D eigenvalue weighted by Gasteiger charge is 2.15. The van der Waals surface area contributed by atoms with Crippen LogP contribution in [0.5, 0.6) is 5.75 Å². The predicted octanol–water partition coefficient (Wildman–Crippen LogP) is 4.23. The summed E-state index contributed by atoms with van der Waals surface area (Å²) < 4.78 is 6.36. The Hall–Kier alpha value is -1.47. The van der Waals surface area contributed by atoms with Gasteiger partial charge in [-0.15, -0.1) is 0 Å². The number of alkyl halides is 1. The average molecular weight is 402 g/mol. The van der Waals surface area contributed by atoms with Crippen molar-refractivity contribution >= 4 is 37.5 Å². The standard InChI is InChI=1S/C13H10Br2N2O3/c14-5-9-1-2-13(12(4-9)17(18)19)20-8-10-3-11(15)7-16-6-10/h1-4,6-7H,5,8H2. The summed E-state index contributed by atoms with van der Waals surface area (Å²) in [6, 6.07) is 6.76. The van der Waals surface area contributed by atoms with Crippen molar-refractivity contribution in [2.45, 2.75) is 11.9 Å². The fourth-order valence-corrected chi connectivity index (χ4v) is 2.37. The van der Waals surface area contributed by atoms with Gasteiger partial charge in [0.2, 0.25) is 0 Å². The number of pyridine rings is 1. The number of ether oxygens (including phenoxy) is 1. The van der Waals surface area contributed by atoms with E-state index in [4.69, 9.17) is 4.74 Å². The van der Waals surface area contributed by atoms with E-state index in [1.807, 2.05) is 6.07 Å². The molecule has 0 spiro atoms. The molecular formula is C13H10Br2N2O3. The molecule has 0 radical (unpaired) electrons. The highest BCUT2D eigenvalue weighted by atomic mass is 79.9. The lowest BCUT2D eigenvalue weighted by atomic mass is 10.2. The van der Waals surface area contributed by atoms with Gasteiger partial charge < -0.3 is 4.74 Å².